The molecule has 148 valence electrons. The average molecular weight is 412 g/mol. The van der Waals surface area contributed by atoms with Crippen LogP contribution >= 0.6 is 11.3 Å². The van der Waals surface area contributed by atoms with E-state index in [4.69, 9.17) is 15.0 Å². The van der Waals surface area contributed by atoms with E-state index in [9.17, 15) is 14.3 Å². The summed E-state index contributed by atoms with van der Waals surface area (Å²) in [4.78, 5) is 12.8. The predicted octanol–water partition coefficient (Wildman–Crippen LogP) is 3.14. The summed E-state index contributed by atoms with van der Waals surface area (Å²) in [5.41, 5.74) is 5.68. The molecule has 4 rings (SSSR count). The molecule has 0 aliphatic carbocycles. The number of halogens is 1. The molecule has 0 fully saturated rings. The van der Waals surface area contributed by atoms with Crippen molar-refractivity contribution < 1.29 is 23.6 Å². The van der Waals surface area contributed by atoms with Crippen LogP contribution in [0.2, 0.25) is 0 Å². The van der Waals surface area contributed by atoms with Gasteiger partial charge in [0.05, 0.1) is 17.0 Å². The van der Waals surface area contributed by atoms with Crippen LogP contribution in [0.1, 0.15) is 39.2 Å². The van der Waals surface area contributed by atoms with Gasteiger partial charge in [0, 0.05) is 29.0 Å². The molecule has 1 aromatic carbocycles. The Morgan fingerprint density at radius 3 is 2.86 bits per heavy atom. The lowest BCUT2D eigenvalue weighted by atomic mass is 10.0. The number of nitrogens with two attached hydrogens (primary N) is 1. The largest absolute Gasteiger partial charge is 0.492 e. The molecule has 0 saturated heterocycles. The summed E-state index contributed by atoms with van der Waals surface area (Å²) in [6.07, 6.45) is 0.580. The van der Waals surface area contributed by atoms with Gasteiger partial charge in [0.15, 0.2) is 5.60 Å². The van der Waals surface area contributed by atoms with Gasteiger partial charge < -0.3 is 20.1 Å². The van der Waals surface area contributed by atoms with Crippen molar-refractivity contribution in [3.63, 3.8) is 0 Å². The average Bonchev–Trinajstić information content (AvgIpc) is 3.25. The van der Waals surface area contributed by atoms with E-state index in [1.807, 2.05) is 0 Å². The van der Waals surface area contributed by atoms with Crippen LogP contribution in [0.5, 0.6) is 5.75 Å². The maximum absolute atomic E-state index is 14.6. The first-order valence-corrected chi connectivity index (χ1v) is 9.65. The zero-order valence-electron chi connectivity index (χ0n) is 15.7. The lowest BCUT2D eigenvalue weighted by Gasteiger charge is -2.12. The van der Waals surface area contributed by atoms with Gasteiger partial charge in [0.25, 0.3) is 5.91 Å². The first kappa shape index (κ1) is 19.2. The molecule has 29 heavy (non-hydrogen) atoms. The molecular formula is C21H17FN2O4S. The molecule has 1 atom stereocenters. The summed E-state index contributed by atoms with van der Waals surface area (Å²) in [6, 6.07) is 6.15. The maximum Gasteiger partial charge on any atom is 0.258 e. The smallest absolute Gasteiger partial charge is 0.258 e. The molecule has 3 heterocycles. The molecule has 2 aromatic heterocycles. The number of aliphatic hydroxyl groups is 1. The van der Waals surface area contributed by atoms with Crippen LogP contribution in [0.4, 0.5) is 4.39 Å². The molecular weight excluding hydrogens is 395 g/mol. The highest BCUT2D eigenvalue weighted by Gasteiger charge is 2.25. The van der Waals surface area contributed by atoms with Crippen molar-refractivity contribution in [3.05, 3.63) is 57.5 Å². The van der Waals surface area contributed by atoms with E-state index in [-0.39, 0.29) is 11.3 Å². The van der Waals surface area contributed by atoms with Crippen LogP contribution in [0.3, 0.4) is 0 Å². The van der Waals surface area contributed by atoms with Crippen molar-refractivity contribution in [1.29, 1.82) is 0 Å². The number of hydrogen-bond acceptors (Lipinski definition) is 6. The minimum Gasteiger partial charge on any atom is -0.492 e. The Morgan fingerprint density at radius 1 is 1.38 bits per heavy atom. The van der Waals surface area contributed by atoms with E-state index in [1.54, 1.807) is 25.1 Å². The molecule has 1 unspecified atom stereocenters. The number of hydrogen-bond donors (Lipinski definition) is 2. The molecule has 3 aromatic rings. The molecule has 0 spiro atoms. The number of primary amides is 1. The van der Waals surface area contributed by atoms with Crippen LogP contribution < -0.4 is 10.5 Å². The highest BCUT2D eigenvalue weighted by Crippen LogP contribution is 2.41. The third-order valence-corrected chi connectivity index (χ3v) is 5.79. The van der Waals surface area contributed by atoms with Crippen LogP contribution in [0, 0.1) is 24.6 Å². The molecule has 1 aliphatic heterocycles. The quantitative estimate of drug-likeness (QED) is 0.630. The van der Waals surface area contributed by atoms with E-state index in [1.165, 1.54) is 24.3 Å². The third-order valence-electron chi connectivity index (χ3n) is 4.56. The fourth-order valence-electron chi connectivity index (χ4n) is 3.03. The molecule has 0 saturated carbocycles. The Hall–Kier alpha value is -3.15. The fourth-order valence-corrected chi connectivity index (χ4v) is 4.11. The standard InChI is InChI=1S/C21H17FN2O4S/c1-11-7-18(24-28-11)21(2,26)5-3-12-8-14-16(10-15(12)22)27-6-4-13-9-17(20(23)25)29-19(13)14/h7-10,26H,4,6H2,1-2H3,(H2,23,25). The van der Waals surface area contributed by atoms with Crippen LogP contribution in [-0.2, 0) is 12.0 Å². The number of benzene rings is 1. The number of nitrogens with zero attached hydrogens (tertiary/aromatic N) is 1. The second-order valence-electron chi connectivity index (χ2n) is 6.90. The second kappa shape index (κ2) is 7.03. The van der Waals surface area contributed by atoms with Gasteiger partial charge in [0.1, 0.15) is 23.0 Å². The molecule has 0 radical (unpaired) electrons. The number of fused-ring (bicyclic) bond motifs is 3. The van der Waals surface area contributed by atoms with Crippen LogP contribution in [-0.4, -0.2) is 22.8 Å². The number of carbonyl (C=O) groups excluding carboxylic acids is 1. The molecule has 3 N–H and O–H groups in total. The molecule has 1 amide bonds. The van der Waals surface area contributed by atoms with Crippen molar-refractivity contribution in [2.45, 2.75) is 25.9 Å². The summed E-state index contributed by atoms with van der Waals surface area (Å²) >= 11 is 1.24. The van der Waals surface area contributed by atoms with E-state index in [2.05, 4.69) is 17.0 Å². The van der Waals surface area contributed by atoms with Crippen molar-refractivity contribution in [1.82, 2.24) is 5.16 Å². The summed E-state index contributed by atoms with van der Waals surface area (Å²) in [5.74, 6) is 5.17. The van der Waals surface area contributed by atoms with Crippen molar-refractivity contribution in [2.24, 2.45) is 5.73 Å². The number of amides is 1. The Morgan fingerprint density at radius 2 is 2.17 bits per heavy atom. The third kappa shape index (κ3) is 3.62. The van der Waals surface area contributed by atoms with Gasteiger partial charge >= 0.3 is 0 Å². The Bertz CT molecular complexity index is 1180. The summed E-state index contributed by atoms with van der Waals surface area (Å²) in [7, 11) is 0. The van der Waals surface area contributed by atoms with Gasteiger partial charge in [0.2, 0.25) is 0 Å². The molecule has 6 nitrogen and oxygen atoms in total. The van der Waals surface area contributed by atoms with Crippen molar-refractivity contribution in [3.8, 4) is 28.0 Å². The minimum atomic E-state index is -1.61. The number of aromatic nitrogens is 1. The first-order chi connectivity index (χ1) is 13.7. The van der Waals surface area contributed by atoms with Gasteiger partial charge in [-0.2, -0.15) is 0 Å². The van der Waals surface area contributed by atoms with Crippen molar-refractivity contribution >= 4 is 17.2 Å². The maximum atomic E-state index is 14.6. The van der Waals surface area contributed by atoms with E-state index < -0.39 is 17.3 Å². The van der Waals surface area contributed by atoms with Crippen LogP contribution in [0.25, 0.3) is 10.4 Å². The van der Waals surface area contributed by atoms with E-state index in [0.29, 0.717) is 35.0 Å². The van der Waals surface area contributed by atoms with E-state index >= 15 is 0 Å². The Kier molecular flexibility index (Phi) is 4.65. The monoisotopic (exact) mass is 412 g/mol. The summed E-state index contributed by atoms with van der Waals surface area (Å²) < 4.78 is 25.3. The topological polar surface area (TPSA) is 98.6 Å². The lowest BCUT2D eigenvalue weighted by molar-refractivity contribution is 0.100. The van der Waals surface area contributed by atoms with E-state index in [0.717, 1.165) is 10.4 Å². The normalized spacial score (nSPS) is 14.5. The molecule has 8 heteroatoms. The first-order valence-electron chi connectivity index (χ1n) is 8.83. The fraction of sp³-hybridized carbons (Fsp3) is 0.238. The van der Waals surface area contributed by atoms with Gasteiger partial charge in [-0.3, -0.25) is 4.79 Å². The predicted molar refractivity (Wildman–Crippen MR) is 105 cm³/mol. The highest BCUT2D eigenvalue weighted by molar-refractivity contribution is 7.17. The highest BCUT2D eigenvalue weighted by atomic mass is 32.1. The zero-order valence-corrected chi connectivity index (χ0v) is 16.5. The number of ether oxygens (including phenoxy) is 1. The number of thiophene rings is 1. The summed E-state index contributed by atoms with van der Waals surface area (Å²) in [6.45, 7) is 3.52. The van der Waals surface area contributed by atoms with Gasteiger partial charge in [-0.25, -0.2) is 4.39 Å². The SMILES string of the molecule is Cc1cc(C(C)(O)C#Cc2cc3c(cc2F)OCCc2cc(C(N)=O)sc2-3)no1. The second-order valence-corrected chi connectivity index (χ2v) is 7.95. The number of rotatable bonds is 2. The Balaban J connectivity index is 1.79. The Labute approximate surface area is 170 Å². The summed E-state index contributed by atoms with van der Waals surface area (Å²) in [5, 5.41) is 14.3. The molecule has 1 aliphatic rings. The zero-order chi connectivity index (χ0) is 20.8. The van der Waals surface area contributed by atoms with Crippen molar-refractivity contribution in [2.75, 3.05) is 6.61 Å². The lowest BCUT2D eigenvalue weighted by Crippen LogP contribution is -2.18. The van der Waals surface area contributed by atoms with Gasteiger partial charge in [-0.05, 0) is 31.5 Å². The van der Waals surface area contributed by atoms with Gasteiger partial charge in [-0.15, -0.1) is 11.3 Å². The minimum absolute atomic E-state index is 0.0923. The van der Waals surface area contributed by atoms with Crippen LogP contribution in [0.15, 0.2) is 28.8 Å². The number of carbonyl (C=O) groups is 1. The number of aryl methyl sites for hydroxylation is 1. The van der Waals surface area contributed by atoms with Gasteiger partial charge in [-0.1, -0.05) is 17.0 Å². The molecule has 0 bridgehead atoms.